The lowest BCUT2D eigenvalue weighted by atomic mass is 10.00. The molecule has 3 rings (SSSR count). The summed E-state index contributed by atoms with van der Waals surface area (Å²) in [4.78, 5) is 15.7. The van der Waals surface area contributed by atoms with Gasteiger partial charge in [0.05, 0.1) is 17.2 Å². The molecule has 0 aliphatic carbocycles. The van der Waals surface area contributed by atoms with E-state index in [0.717, 1.165) is 4.57 Å². The first-order valence-electron chi connectivity index (χ1n) is 8.54. The number of carbonyl (C=O) groups is 1. The number of nitriles is 1. The summed E-state index contributed by atoms with van der Waals surface area (Å²) in [6.45, 7) is 3.12. The highest BCUT2D eigenvalue weighted by atomic mass is 35.5. The molecule has 0 atom stereocenters. The summed E-state index contributed by atoms with van der Waals surface area (Å²) in [6, 6.07) is 9.69. The van der Waals surface area contributed by atoms with Gasteiger partial charge < -0.3 is 4.57 Å². The number of pyridine rings is 1. The third kappa shape index (κ3) is 3.89. The minimum Gasteiger partial charge on any atom is -0.336 e. The molecular formula is C21H15ClF3N3O. The quantitative estimate of drug-likeness (QED) is 0.411. The normalized spacial score (nSPS) is 11.3. The molecule has 0 fully saturated rings. The van der Waals surface area contributed by atoms with Gasteiger partial charge in [-0.05, 0) is 48.7 Å². The molecule has 0 saturated heterocycles. The molecule has 0 bridgehead atoms. The van der Waals surface area contributed by atoms with Crippen LogP contribution < -0.4 is 0 Å². The molecular weight excluding hydrogens is 403 g/mol. The molecule has 3 aromatic rings. The van der Waals surface area contributed by atoms with Gasteiger partial charge in [0, 0.05) is 24.0 Å². The van der Waals surface area contributed by atoms with Crippen molar-refractivity contribution in [3.05, 3.63) is 75.3 Å². The van der Waals surface area contributed by atoms with Crippen LogP contribution >= 0.6 is 11.6 Å². The van der Waals surface area contributed by atoms with E-state index < -0.39 is 17.4 Å². The maximum Gasteiger partial charge on any atom is 0.432 e. The Kier molecular flexibility index (Phi) is 5.49. The van der Waals surface area contributed by atoms with Gasteiger partial charge in [0.15, 0.2) is 6.29 Å². The standard InChI is InChI=1S/C21H15ClF3N3O/c1-12-7-15(9-27-20(12)22)10-28-13(2)18(16-5-3-14(8-26)4-6-16)17(11-29)19(28)21(23,24)25/h3-7,9,11H,10H2,1-2H3. The fraction of sp³-hybridized carbons (Fsp3) is 0.190. The Bertz CT molecular complexity index is 1130. The number of aryl methyl sites for hydroxylation is 1. The highest BCUT2D eigenvalue weighted by molar-refractivity contribution is 6.30. The summed E-state index contributed by atoms with van der Waals surface area (Å²) in [6.07, 6.45) is -3.09. The smallest absolute Gasteiger partial charge is 0.336 e. The van der Waals surface area contributed by atoms with Gasteiger partial charge in [-0.1, -0.05) is 23.7 Å². The third-order valence-electron chi connectivity index (χ3n) is 4.66. The lowest BCUT2D eigenvalue weighted by molar-refractivity contribution is -0.143. The van der Waals surface area contributed by atoms with Crippen molar-refractivity contribution in [3.8, 4) is 17.2 Å². The molecule has 4 nitrogen and oxygen atoms in total. The maximum absolute atomic E-state index is 13.9. The molecule has 1 aromatic carbocycles. The Morgan fingerprint density at radius 2 is 1.90 bits per heavy atom. The lowest BCUT2D eigenvalue weighted by Gasteiger charge is -2.15. The van der Waals surface area contributed by atoms with Gasteiger partial charge >= 0.3 is 6.18 Å². The van der Waals surface area contributed by atoms with Crippen LogP contribution in [0.15, 0.2) is 36.5 Å². The fourth-order valence-electron chi connectivity index (χ4n) is 3.34. The predicted octanol–water partition coefficient (Wildman–Crippen LogP) is 5.57. The number of benzene rings is 1. The topological polar surface area (TPSA) is 58.7 Å². The van der Waals surface area contributed by atoms with Crippen LogP contribution in [0.2, 0.25) is 5.15 Å². The predicted molar refractivity (Wildman–Crippen MR) is 103 cm³/mol. The van der Waals surface area contributed by atoms with Crippen molar-refractivity contribution < 1.29 is 18.0 Å². The average molecular weight is 418 g/mol. The number of aromatic nitrogens is 2. The molecule has 0 radical (unpaired) electrons. The average Bonchev–Trinajstić information content (AvgIpc) is 2.96. The number of halogens is 4. The molecule has 148 valence electrons. The van der Waals surface area contributed by atoms with Crippen molar-refractivity contribution in [2.75, 3.05) is 0 Å². The summed E-state index contributed by atoms with van der Waals surface area (Å²) >= 11 is 5.91. The Morgan fingerprint density at radius 3 is 2.41 bits per heavy atom. The van der Waals surface area contributed by atoms with Gasteiger partial charge in [-0.3, -0.25) is 4.79 Å². The molecule has 0 aliphatic heterocycles. The first kappa shape index (κ1) is 20.6. The molecule has 8 heteroatoms. The molecule has 0 aliphatic rings. The number of alkyl halides is 3. The van der Waals surface area contributed by atoms with Crippen LogP contribution in [0.3, 0.4) is 0 Å². The molecule has 2 aromatic heterocycles. The minimum absolute atomic E-state index is 0.122. The van der Waals surface area contributed by atoms with Crippen LogP contribution in [-0.4, -0.2) is 15.8 Å². The third-order valence-corrected chi connectivity index (χ3v) is 5.06. The zero-order valence-electron chi connectivity index (χ0n) is 15.5. The van der Waals surface area contributed by atoms with E-state index in [1.54, 1.807) is 13.0 Å². The van der Waals surface area contributed by atoms with E-state index in [1.807, 2.05) is 6.07 Å². The van der Waals surface area contributed by atoms with Gasteiger partial charge in [-0.2, -0.15) is 18.4 Å². The van der Waals surface area contributed by atoms with E-state index in [4.69, 9.17) is 16.9 Å². The summed E-state index contributed by atoms with van der Waals surface area (Å²) < 4.78 is 42.8. The van der Waals surface area contributed by atoms with E-state index in [9.17, 15) is 18.0 Å². The fourth-order valence-corrected chi connectivity index (χ4v) is 3.44. The van der Waals surface area contributed by atoms with E-state index in [1.165, 1.54) is 37.4 Å². The molecule has 29 heavy (non-hydrogen) atoms. The van der Waals surface area contributed by atoms with Gasteiger partial charge in [-0.25, -0.2) is 4.98 Å². The Labute approximate surface area is 170 Å². The van der Waals surface area contributed by atoms with E-state index in [2.05, 4.69) is 4.98 Å². The lowest BCUT2D eigenvalue weighted by Crippen LogP contribution is -2.17. The second-order valence-corrected chi connectivity index (χ2v) is 6.92. The van der Waals surface area contributed by atoms with Crippen molar-refractivity contribution in [3.63, 3.8) is 0 Å². The zero-order chi connectivity index (χ0) is 21.3. The monoisotopic (exact) mass is 417 g/mol. The van der Waals surface area contributed by atoms with Gasteiger partial charge in [0.2, 0.25) is 0 Å². The van der Waals surface area contributed by atoms with Crippen molar-refractivity contribution in [1.82, 2.24) is 9.55 Å². The second kappa shape index (κ2) is 7.72. The molecule has 0 unspecified atom stereocenters. The van der Waals surface area contributed by atoms with Crippen LogP contribution in [0.25, 0.3) is 11.1 Å². The summed E-state index contributed by atoms with van der Waals surface area (Å²) in [5.74, 6) is 0. The van der Waals surface area contributed by atoms with Gasteiger partial charge in [0.25, 0.3) is 0 Å². The minimum atomic E-state index is -4.74. The highest BCUT2D eigenvalue weighted by Gasteiger charge is 2.40. The molecule has 0 saturated carbocycles. The van der Waals surface area contributed by atoms with Crippen LogP contribution in [0.1, 0.15) is 38.4 Å². The van der Waals surface area contributed by atoms with E-state index in [-0.39, 0.29) is 29.2 Å². The summed E-state index contributed by atoms with van der Waals surface area (Å²) in [7, 11) is 0. The Hall–Kier alpha value is -3.11. The molecule has 0 spiro atoms. The molecule has 0 N–H and O–H groups in total. The first-order chi connectivity index (χ1) is 13.7. The highest BCUT2D eigenvalue weighted by Crippen LogP contribution is 2.40. The number of hydrogen-bond acceptors (Lipinski definition) is 3. The van der Waals surface area contributed by atoms with Crippen molar-refractivity contribution >= 4 is 17.9 Å². The second-order valence-electron chi connectivity index (χ2n) is 6.56. The number of hydrogen-bond donors (Lipinski definition) is 0. The van der Waals surface area contributed by atoms with Crippen molar-refractivity contribution in [2.24, 2.45) is 0 Å². The van der Waals surface area contributed by atoms with Gasteiger partial charge in [-0.15, -0.1) is 0 Å². The summed E-state index contributed by atoms with van der Waals surface area (Å²) in [5.41, 5.74) is 1.00. The Balaban J connectivity index is 2.24. The number of nitrogens with zero attached hydrogens (tertiary/aromatic N) is 3. The number of carbonyl (C=O) groups excluding carboxylic acids is 1. The van der Waals surface area contributed by atoms with Gasteiger partial charge in [0.1, 0.15) is 10.8 Å². The van der Waals surface area contributed by atoms with E-state index >= 15 is 0 Å². The number of rotatable bonds is 4. The van der Waals surface area contributed by atoms with Crippen molar-refractivity contribution in [1.29, 1.82) is 5.26 Å². The van der Waals surface area contributed by atoms with Crippen LogP contribution in [0, 0.1) is 25.2 Å². The van der Waals surface area contributed by atoms with Crippen LogP contribution in [-0.2, 0) is 12.7 Å². The zero-order valence-corrected chi connectivity index (χ0v) is 16.3. The SMILES string of the molecule is Cc1cc(Cn2c(C)c(-c3ccc(C#N)cc3)c(C=O)c2C(F)(F)F)cnc1Cl. The number of aldehydes is 1. The van der Waals surface area contributed by atoms with E-state index in [0.29, 0.717) is 22.3 Å². The van der Waals surface area contributed by atoms with Crippen LogP contribution in [0.4, 0.5) is 13.2 Å². The van der Waals surface area contributed by atoms with Crippen molar-refractivity contribution in [2.45, 2.75) is 26.6 Å². The Morgan fingerprint density at radius 1 is 1.24 bits per heavy atom. The maximum atomic E-state index is 13.9. The molecule has 0 amide bonds. The first-order valence-corrected chi connectivity index (χ1v) is 8.92. The molecule has 2 heterocycles. The largest absolute Gasteiger partial charge is 0.432 e. The van der Waals surface area contributed by atoms with Crippen LogP contribution in [0.5, 0.6) is 0 Å². The summed E-state index contributed by atoms with van der Waals surface area (Å²) in [5, 5.41) is 9.22.